The van der Waals surface area contributed by atoms with Gasteiger partial charge in [-0.2, -0.15) is 0 Å². The SMILES string of the molecule is Cn1c2c(c(=O)n(Cc3ccccc3)c1=O)CN(CC#Cc1ccco1)CC2. The summed E-state index contributed by atoms with van der Waals surface area (Å²) in [6, 6.07) is 13.2. The lowest BCUT2D eigenvalue weighted by Gasteiger charge is -2.28. The molecule has 4 rings (SSSR count). The van der Waals surface area contributed by atoms with Crippen molar-refractivity contribution in [3.05, 3.63) is 92.1 Å². The molecular formula is C22H21N3O3. The van der Waals surface area contributed by atoms with E-state index in [1.807, 2.05) is 36.4 Å². The maximum Gasteiger partial charge on any atom is 0.331 e. The molecule has 0 amide bonds. The first-order valence-electron chi connectivity index (χ1n) is 9.23. The molecule has 0 atom stereocenters. The predicted octanol–water partition coefficient (Wildman–Crippen LogP) is 1.60. The number of nitrogens with zero attached hydrogens (tertiary/aromatic N) is 3. The molecule has 142 valence electrons. The van der Waals surface area contributed by atoms with Crippen molar-refractivity contribution in [1.29, 1.82) is 0 Å². The zero-order valence-electron chi connectivity index (χ0n) is 15.7. The molecule has 0 aliphatic carbocycles. The molecule has 0 saturated heterocycles. The zero-order chi connectivity index (χ0) is 19.5. The molecule has 0 radical (unpaired) electrons. The van der Waals surface area contributed by atoms with E-state index in [0.717, 1.165) is 17.8 Å². The van der Waals surface area contributed by atoms with Crippen molar-refractivity contribution < 1.29 is 4.42 Å². The molecule has 0 bridgehead atoms. The molecule has 2 aromatic heterocycles. The highest BCUT2D eigenvalue weighted by molar-refractivity contribution is 5.26. The van der Waals surface area contributed by atoms with E-state index in [1.54, 1.807) is 23.9 Å². The van der Waals surface area contributed by atoms with E-state index in [9.17, 15) is 9.59 Å². The van der Waals surface area contributed by atoms with Gasteiger partial charge in [0.15, 0.2) is 5.76 Å². The Morgan fingerprint density at radius 1 is 1.11 bits per heavy atom. The second-order valence-electron chi connectivity index (χ2n) is 6.88. The number of rotatable bonds is 3. The molecule has 3 heterocycles. The maximum atomic E-state index is 13.1. The Bertz CT molecular complexity index is 1150. The number of furan rings is 1. The summed E-state index contributed by atoms with van der Waals surface area (Å²) < 4.78 is 8.16. The van der Waals surface area contributed by atoms with Gasteiger partial charge in [-0.1, -0.05) is 36.3 Å². The van der Waals surface area contributed by atoms with Crippen LogP contribution in [0.15, 0.2) is 62.7 Å². The molecule has 0 spiro atoms. The Morgan fingerprint density at radius 3 is 2.68 bits per heavy atom. The number of benzene rings is 1. The topological polar surface area (TPSA) is 60.4 Å². The molecular weight excluding hydrogens is 354 g/mol. The van der Waals surface area contributed by atoms with Crippen molar-refractivity contribution in [3.8, 4) is 11.8 Å². The van der Waals surface area contributed by atoms with Crippen LogP contribution in [0.4, 0.5) is 0 Å². The summed E-state index contributed by atoms with van der Waals surface area (Å²) in [7, 11) is 1.74. The predicted molar refractivity (Wildman–Crippen MR) is 106 cm³/mol. The van der Waals surface area contributed by atoms with E-state index in [4.69, 9.17) is 4.42 Å². The lowest BCUT2D eigenvalue weighted by Crippen LogP contribution is -2.47. The van der Waals surface area contributed by atoms with Crippen LogP contribution in [0.5, 0.6) is 0 Å². The van der Waals surface area contributed by atoms with E-state index < -0.39 is 0 Å². The van der Waals surface area contributed by atoms with Crippen LogP contribution in [0, 0.1) is 11.8 Å². The van der Waals surface area contributed by atoms with E-state index in [-0.39, 0.29) is 17.8 Å². The summed E-state index contributed by atoms with van der Waals surface area (Å²) in [6.07, 6.45) is 2.25. The lowest BCUT2D eigenvalue weighted by atomic mass is 10.1. The number of aromatic nitrogens is 2. The fourth-order valence-corrected chi connectivity index (χ4v) is 3.54. The van der Waals surface area contributed by atoms with Crippen LogP contribution in [-0.4, -0.2) is 27.1 Å². The maximum absolute atomic E-state index is 13.1. The van der Waals surface area contributed by atoms with Gasteiger partial charge in [0.25, 0.3) is 5.56 Å². The molecule has 28 heavy (non-hydrogen) atoms. The Kier molecular flexibility index (Phi) is 5.00. The second kappa shape index (κ2) is 7.75. The summed E-state index contributed by atoms with van der Waals surface area (Å²) in [6.45, 7) is 2.07. The van der Waals surface area contributed by atoms with Crippen LogP contribution < -0.4 is 11.2 Å². The van der Waals surface area contributed by atoms with E-state index in [0.29, 0.717) is 30.8 Å². The third kappa shape index (κ3) is 3.57. The highest BCUT2D eigenvalue weighted by Crippen LogP contribution is 2.14. The fourth-order valence-electron chi connectivity index (χ4n) is 3.54. The first-order chi connectivity index (χ1) is 13.6. The molecule has 6 nitrogen and oxygen atoms in total. The summed E-state index contributed by atoms with van der Waals surface area (Å²) in [4.78, 5) is 27.9. The minimum absolute atomic E-state index is 0.203. The van der Waals surface area contributed by atoms with Gasteiger partial charge in [0.1, 0.15) is 0 Å². The van der Waals surface area contributed by atoms with Crippen LogP contribution in [-0.2, 0) is 26.6 Å². The van der Waals surface area contributed by atoms with Crippen LogP contribution >= 0.6 is 0 Å². The van der Waals surface area contributed by atoms with Gasteiger partial charge in [0, 0.05) is 32.3 Å². The molecule has 1 aliphatic rings. The van der Waals surface area contributed by atoms with Crippen molar-refractivity contribution in [2.24, 2.45) is 7.05 Å². The van der Waals surface area contributed by atoms with Gasteiger partial charge < -0.3 is 8.98 Å². The van der Waals surface area contributed by atoms with E-state index in [2.05, 4.69) is 16.7 Å². The number of hydrogen-bond donors (Lipinski definition) is 0. The van der Waals surface area contributed by atoms with E-state index in [1.165, 1.54) is 4.57 Å². The van der Waals surface area contributed by atoms with Crippen molar-refractivity contribution in [1.82, 2.24) is 14.0 Å². The average molecular weight is 375 g/mol. The molecule has 1 aliphatic heterocycles. The normalized spacial score (nSPS) is 13.6. The molecule has 3 aromatic rings. The molecule has 0 N–H and O–H groups in total. The van der Waals surface area contributed by atoms with Crippen LogP contribution in [0.1, 0.15) is 22.6 Å². The number of fused-ring (bicyclic) bond motifs is 1. The third-order valence-corrected chi connectivity index (χ3v) is 5.04. The van der Waals surface area contributed by atoms with Gasteiger partial charge in [-0.05, 0) is 23.6 Å². The largest absolute Gasteiger partial charge is 0.456 e. The van der Waals surface area contributed by atoms with Gasteiger partial charge in [0.05, 0.1) is 24.9 Å². The smallest absolute Gasteiger partial charge is 0.331 e. The molecule has 6 heteroatoms. The van der Waals surface area contributed by atoms with Crippen molar-refractivity contribution in [3.63, 3.8) is 0 Å². The minimum Gasteiger partial charge on any atom is -0.456 e. The van der Waals surface area contributed by atoms with Crippen molar-refractivity contribution in [2.75, 3.05) is 13.1 Å². The quantitative estimate of drug-likeness (QED) is 0.653. The highest BCUT2D eigenvalue weighted by atomic mass is 16.3. The fraction of sp³-hybridized carbons (Fsp3) is 0.273. The summed E-state index contributed by atoms with van der Waals surface area (Å²) in [5.74, 6) is 6.70. The Hall–Kier alpha value is -3.30. The number of hydrogen-bond acceptors (Lipinski definition) is 4. The zero-order valence-corrected chi connectivity index (χ0v) is 15.7. The van der Waals surface area contributed by atoms with Gasteiger partial charge >= 0.3 is 5.69 Å². The lowest BCUT2D eigenvalue weighted by molar-refractivity contribution is 0.275. The van der Waals surface area contributed by atoms with Crippen LogP contribution in [0.3, 0.4) is 0 Å². The Labute approximate surface area is 162 Å². The molecule has 0 fully saturated rings. The molecule has 0 saturated carbocycles. The monoisotopic (exact) mass is 375 g/mol. The Morgan fingerprint density at radius 2 is 1.93 bits per heavy atom. The van der Waals surface area contributed by atoms with Gasteiger partial charge in [-0.3, -0.25) is 14.3 Å². The van der Waals surface area contributed by atoms with Crippen molar-refractivity contribution >= 4 is 0 Å². The second-order valence-corrected chi connectivity index (χ2v) is 6.88. The summed E-state index contributed by atoms with van der Waals surface area (Å²) in [5, 5.41) is 0. The average Bonchev–Trinajstić information content (AvgIpc) is 3.24. The van der Waals surface area contributed by atoms with Crippen LogP contribution in [0.25, 0.3) is 0 Å². The Balaban J connectivity index is 1.61. The van der Waals surface area contributed by atoms with Gasteiger partial charge in [-0.25, -0.2) is 4.79 Å². The minimum atomic E-state index is -0.265. The van der Waals surface area contributed by atoms with Crippen LogP contribution in [0.2, 0.25) is 0 Å². The third-order valence-electron chi connectivity index (χ3n) is 5.04. The first kappa shape index (κ1) is 18.1. The molecule has 0 unspecified atom stereocenters. The summed E-state index contributed by atoms with van der Waals surface area (Å²) >= 11 is 0. The van der Waals surface area contributed by atoms with E-state index >= 15 is 0 Å². The van der Waals surface area contributed by atoms with Gasteiger partial charge in [0.2, 0.25) is 0 Å². The van der Waals surface area contributed by atoms with Gasteiger partial charge in [-0.15, -0.1) is 0 Å². The molecule has 1 aromatic carbocycles. The first-order valence-corrected chi connectivity index (χ1v) is 9.23. The highest BCUT2D eigenvalue weighted by Gasteiger charge is 2.23. The summed E-state index contributed by atoms with van der Waals surface area (Å²) in [5.41, 5.74) is 1.97. The standard InChI is InChI=1S/C22H21N3O3/c1-23-20-11-13-24(12-5-9-18-10-6-14-28-18)16-19(20)21(26)25(22(23)27)15-17-7-3-2-4-8-17/h2-4,6-8,10,14H,11-13,15-16H2,1H3. The van der Waals surface area contributed by atoms with Crippen molar-refractivity contribution in [2.45, 2.75) is 19.5 Å².